The Kier molecular flexibility index (Phi) is 3.66. The number of benzene rings is 1. The Labute approximate surface area is 85.1 Å². The van der Waals surface area contributed by atoms with Crippen LogP contribution >= 0.6 is 0 Å². The molecule has 0 radical (unpaired) electrons. The summed E-state index contributed by atoms with van der Waals surface area (Å²) in [6.45, 7) is 1.85. The van der Waals surface area contributed by atoms with Gasteiger partial charge in [-0.1, -0.05) is 18.2 Å². The second kappa shape index (κ2) is 4.57. The summed E-state index contributed by atoms with van der Waals surface area (Å²) in [6.07, 6.45) is 0. The Balaban J connectivity index is 2.87. The Hall–Kier alpha value is -0.870. The zero-order valence-corrected chi connectivity index (χ0v) is 9.21. The van der Waals surface area contributed by atoms with Crippen LogP contribution < -0.4 is 5.32 Å². The van der Waals surface area contributed by atoms with E-state index in [1.165, 1.54) is 0 Å². The van der Waals surface area contributed by atoms with Crippen molar-refractivity contribution in [2.24, 2.45) is 0 Å². The lowest BCUT2D eigenvalue weighted by Crippen LogP contribution is -2.29. The topological polar surface area (TPSA) is 46.2 Å². The van der Waals surface area contributed by atoms with E-state index in [1.54, 1.807) is 37.4 Å². The van der Waals surface area contributed by atoms with Crippen LogP contribution in [0.1, 0.15) is 6.92 Å². The molecule has 1 rings (SSSR count). The number of hydrogen-bond acceptors (Lipinski definition) is 3. The van der Waals surface area contributed by atoms with Gasteiger partial charge in [-0.15, -0.1) is 0 Å². The van der Waals surface area contributed by atoms with Crippen LogP contribution in [-0.4, -0.2) is 27.3 Å². The quantitative estimate of drug-likeness (QED) is 0.813. The van der Waals surface area contributed by atoms with E-state index in [9.17, 15) is 8.42 Å². The predicted molar refractivity (Wildman–Crippen MR) is 57.0 cm³/mol. The molecule has 78 valence electrons. The Morgan fingerprint density at radius 3 is 2.36 bits per heavy atom. The molecular weight excluding hydrogens is 198 g/mol. The van der Waals surface area contributed by atoms with Gasteiger partial charge in [-0.25, -0.2) is 8.42 Å². The summed E-state index contributed by atoms with van der Waals surface area (Å²) in [5.74, 6) is 0.132. The fourth-order valence-corrected chi connectivity index (χ4v) is 2.73. The molecule has 0 aliphatic carbocycles. The minimum absolute atomic E-state index is 0.0276. The maximum atomic E-state index is 11.8. The molecule has 0 aliphatic rings. The van der Waals surface area contributed by atoms with Gasteiger partial charge in [-0.2, -0.15) is 0 Å². The first-order valence-corrected chi connectivity index (χ1v) is 6.16. The van der Waals surface area contributed by atoms with Crippen LogP contribution in [-0.2, 0) is 9.84 Å². The van der Waals surface area contributed by atoms with E-state index in [-0.39, 0.29) is 11.8 Å². The highest BCUT2D eigenvalue weighted by Crippen LogP contribution is 2.10. The van der Waals surface area contributed by atoms with E-state index in [4.69, 9.17) is 0 Å². The molecule has 0 amide bonds. The first kappa shape index (κ1) is 11.2. The summed E-state index contributed by atoms with van der Waals surface area (Å²) in [5, 5.41) is 2.91. The molecular formula is C10H15NO2S. The molecule has 1 N–H and O–H groups in total. The molecule has 0 bridgehead atoms. The van der Waals surface area contributed by atoms with Crippen molar-refractivity contribution in [3.05, 3.63) is 30.3 Å². The van der Waals surface area contributed by atoms with Crippen LogP contribution in [0.5, 0.6) is 0 Å². The molecule has 0 heterocycles. The second-order valence-corrected chi connectivity index (χ2v) is 5.32. The molecule has 3 nitrogen and oxygen atoms in total. The molecule has 0 spiro atoms. The molecule has 4 heteroatoms. The van der Waals surface area contributed by atoms with Crippen molar-refractivity contribution in [2.45, 2.75) is 17.9 Å². The minimum Gasteiger partial charge on any atom is -0.316 e. The summed E-state index contributed by atoms with van der Waals surface area (Å²) in [7, 11) is -1.38. The smallest absolute Gasteiger partial charge is 0.179 e. The highest BCUT2D eigenvalue weighted by atomic mass is 32.2. The molecule has 1 unspecified atom stereocenters. The van der Waals surface area contributed by atoms with Crippen molar-refractivity contribution in [3.8, 4) is 0 Å². The second-order valence-electron chi connectivity index (χ2n) is 3.28. The Bertz CT molecular complexity index is 372. The highest BCUT2D eigenvalue weighted by molar-refractivity contribution is 7.91. The first-order valence-electron chi connectivity index (χ1n) is 4.51. The van der Waals surface area contributed by atoms with Crippen LogP contribution in [0, 0.1) is 0 Å². The average molecular weight is 213 g/mol. The molecule has 0 aliphatic heterocycles. The molecule has 1 aromatic rings. The third-order valence-corrected chi connectivity index (χ3v) is 3.99. The van der Waals surface area contributed by atoms with E-state index in [1.807, 2.05) is 6.92 Å². The third kappa shape index (κ3) is 2.82. The van der Waals surface area contributed by atoms with Crippen molar-refractivity contribution >= 4 is 9.84 Å². The maximum Gasteiger partial charge on any atom is 0.179 e. The summed E-state index contributed by atoms with van der Waals surface area (Å²) in [4.78, 5) is 0.391. The van der Waals surface area contributed by atoms with Gasteiger partial charge in [0, 0.05) is 6.04 Å². The first-order chi connectivity index (χ1) is 6.56. The van der Waals surface area contributed by atoms with E-state index in [2.05, 4.69) is 5.32 Å². The summed E-state index contributed by atoms with van der Waals surface area (Å²) < 4.78 is 23.5. The molecule has 0 saturated carbocycles. The number of sulfone groups is 1. The molecule has 14 heavy (non-hydrogen) atoms. The Morgan fingerprint density at radius 2 is 1.86 bits per heavy atom. The van der Waals surface area contributed by atoms with Gasteiger partial charge in [0.1, 0.15) is 0 Å². The largest absolute Gasteiger partial charge is 0.316 e. The number of hydrogen-bond donors (Lipinski definition) is 1. The predicted octanol–water partition coefficient (Wildman–Crippen LogP) is 1.07. The summed E-state index contributed by atoms with van der Waals surface area (Å²) in [5.41, 5.74) is 0. The molecule has 0 aromatic heterocycles. The van der Waals surface area contributed by atoms with Crippen molar-refractivity contribution in [2.75, 3.05) is 12.8 Å². The lowest BCUT2D eigenvalue weighted by Gasteiger charge is -2.10. The average Bonchev–Trinajstić information content (AvgIpc) is 2.18. The van der Waals surface area contributed by atoms with E-state index in [0.29, 0.717) is 4.90 Å². The van der Waals surface area contributed by atoms with Gasteiger partial charge in [0.2, 0.25) is 0 Å². The third-order valence-electron chi connectivity index (χ3n) is 2.06. The van der Waals surface area contributed by atoms with Crippen molar-refractivity contribution in [1.29, 1.82) is 0 Å². The fraction of sp³-hybridized carbons (Fsp3) is 0.400. The van der Waals surface area contributed by atoms with Gasteiger partial charge in [0.25, 0.3) is 0 Å². The van der Waals surface area contributed by atoms with Crippen molar-refractivity contribution in [1.82, 2.24) is 5.32 Å². The lowest BCUT2D eigenvalue weighted by atomic mass is 10.4. The lowest BCUT2D eigenvalue weighted by molar-refractivity contribution is 0.578. The van der Waals surface area contributed by atoms with Gasteiger partial charge < -0.3 is 5.32 Å². The molecule has 0 fully saturated rings. The van der Waals surface area contributed by atoms with Crippen molar-refractivity contribution in [3.63, 3.8) is 0 Å². The van der Waals surface area contributed by atoms with E-state index in [0.717, 1.165) is 0 Å². The molecule has 1 atom stereocenters. The normalized spacial score (nSPS) is 13.9. The summed E-state index contributed by atoms with van der Waals surface area (Å²) >= 11 is 0. The van der Waals surface area contributed by atoms with Gasteiger partial charge in [-0.3, -0.25) is 0 Å². The minimum atomic E-state index is -3.13. The highest BCUT2D eigenvalue weighted by Gasteiger charge is 2.16. The van der Waals surface area contributed by atoms with Gasteiger partial charge in [0.05, 0.1) is 10.6 Å². The van der Waals surface area contributed by atoms with Crippen LogP contribution in [0.4, 0.5) is 0 Å². The summed E-state index contributed by atoms with van der Waals surface area (Å²) in [6, 6.07) is 8.49. The monoisotopic (exact) mass is 213 g/mol. The van der Waals surface area contributed by atoms with Crippen LogP contribution in [0.25, 0.3) is 0 Å². The van der Waals surface area contributed by atoms with Gasteiger partial charge in [-0.05, 0) is 26.1 Å². The van der Waals surface area contributed by atoms with Crippen LogP contribution in [0.15, 0.2) is 35.2 Å². The number of rotatable bonds is 4. The zero-order chi connectivity index (χ0) is 10.6. The number of nitrogens with one attached hydrogen (secondary N) is 1. The Morgan fingerprint density at radius 1 is 1.29 bits per heavy atom. The van der Waals surface area contributed by atoms with Gasteiger partial charge in [0.15, 0.2) is 9.84 Å². The standard InChI is InChI=1S/C10H15NO2S/c1-9(11-2)8-14(12,13)10-6-4-3-5-7-10/h3-7,9,11H,8H2,1-2H3. The maximum absolute atomic E-state index is 11.8. The molecule has 0 saturated heterocycles. The molecule has 1 aromatic carbocycles. The van der Waals surface area contributed by atoms with Crippen molar-refractivity contribution < 1.29 is 8.42 Å². The van der Waals surface area contributed by atoms with E-state index >= 15 is 0 Å². The van der Waals surface area contributed by atoms with Crippen LogP contribution in [0.3, 0.4) is 0 Å². The SMILES string of the molecule is CNC(C)CS(=O)(=O)c1ccccc1. The van der Waals surface area contributed by atoms with E-state index < -0.39 is 9.84 Å². The van der Waals surface area contributed by atoms with Crippen LogP contribution in [0.2, 0.25) is 0 Å². The van der Waals surface area contributed by atoms with Gasteiger partial charge >= 0.3 is 0 Å². The fourth-order valence-electron chi connectivity index (χ4n) is 1.14. The zero-order valence-electron chi connectivity index (χ0n) is 8.40.